The van der Waals surface area contributed by atoms with E-state index in [9.17, 15) is 23.1 Å². The summed E-state index contributed by atoms with van der Waals surface area (Å²) < 4.78 is 40.7. The van der Waals surface area contributed by atoms with Crippen molar-refractivity contribution >= 4 is 17.2 Å². The first kappa shape index (κ1) is 19.8. The molecule has 146 valence electrons. The molecule has 0 bridgehead atoms. The summed E-state index contributed by atoms with van der Waals surface area (Å²) in [6.45, 7) is 2.26. The SMILES string of the molecule is Cc1csc(C(O)(CC(=O)N2CCC(c3ccncc3)CC2)C(F)(F)F)n1. The van der Waals surface area contributed by atoms with E-state index in [0.717, 1.165) is 5.56 Å². The largest absolute Gasteiger partial charge is 0.424 e. The highest BCUT2D eigenvalue weighted by molar-refractivity contribution is 7.09. The molecule has 2 aromatic rings. The van der Waals surface area contributed by atoms with Gasteiger partial charge in [0, 0.05) is 36.6 Å². The second kappa shape index (κ2) is 7.55. The third kappa shape index (κ3) is 4.14. The molecule has 3 rings (SSSR count). The number of carbonyl (C=O) groups excluding carboxylic acids is 1. The van der Waals surface area contributed by atoms with Crippen LogP contribution in [0.25, 0.3) is 0 Å². The maximum Gasteiger partial charge on any atom is 0.424 e. The number of hydrogen-bond acceptors (Lipinski definition) is 5. The fourth-order valence-corrected chi connectivity index (χ4v) is 4.18. The summed E-state index contributed by atoms with van der Waals surface area (Å²) in [4.78, 5) is 21.7. The van der Waals surface area contributed by atoms with Gasteiger partial charge in [-0.05, 0) is 43.4 Å². The molecule has 1 atom stereocenters. The van der Waals surface area contributed by atoms with Crippen LogP contribution in [-0.4, -0.2) is 45.1 Å². The Labute approximate surface area is 158 Å². The van der Waals surface area contributed by atoms with Crippen LogP contribution >= 0.6 is 11.3 Å². The van der Waals surface area contributed by atoms with E-state index in [-0.39, 0.29) is 5.92 Å². The van der Waals surface area contributed by atoms with Crippen molar-refractivity contribution in [1.82, 2.24) is 14.9 Å². The Morgan fingerprint density at radius 1 is 1.30 bits per heavy atom. The topological polar surface area (TPSA) is 66.3 Å². The molecule has 1 fully saturated rings. The van der Waals surface area contributed by atoms with E-state index in [1.54, 1.807) is 19.3 Å². The highest BCUT2D eigenvalue weighted by Gasteiger charge is 2.58. The zero-order valence-corrected chi connectivity index (χ0v) is 15.6. The smallest absolute Gasteiger partial charge is 0.374 e. The molecule has 0 saturated carbocycles. The van der Waals surface area contributed by atoms with Gasteiger partial charge in [0.2, 0.25) is 11.5 Å². The van der Waals surface area contributed by atoms with Crippen LogP contribution in [0.15, 0.2) is 29.9 Å². The molecule has 9 heteroatoms. The first-order valence-corrected chi connectivity index (χ1v) is 9.48. The van der Waals surface area contributed by atoms with E-state index in [2.05, 4.69) is 9.97 Å². The van der Waals surface area contributed by atoms with E-state index in [4.69, 9.17) is 0 Å². The van der Waals surface area contributed by atoms with Crippen molar-refractivity contribution < 1.29 is 23.1 Å². The van der Waals surface area contributed by atoms with Crippen molar-refractivity contribution in [3.8, 4) is 0 Å². The molecule has 1 aliphatic rings. The molecule has 27 heavy (non-hydrogen) atoms. The third-order valence-electron chi connectivity index (χ3n) is 4.87. The molecular formula is C18H20F3N3O2S. The molecule has 3 heterocycles. The van der Waals surface area contributed by atoms with Gasteiger partial charge in [-0.3, -0.25) is 9.78 Å². The number of piperidine rings is 1. The van der Waals surface area contributed by atoms with Crippen molar-refractivity contribution in [2.45, 2.75) is 43.9 Å². The number of rotatable bonds is 4. The fraction of sp³-hybridized carbons (Fsp3) is 0.500. The highest BCUT2D eigenvalue weighted by Crippen LogP contribution is 2.43. The maximum absolute atomic E-state index is 13.6. The minimum Gasteiger partial charge on any atom is -0.374 e. The number of pyridine rings is 1. The van der Waals surface area contributed by atoms with Crippen LogP contribution in [0, 0.1) is 6.92 Å². The number of carbonyl (C=O) groups is 1. The number of alkyl halides is 3. The Bertz CT molecular complexity index is 789. The molecule has 1 aliphatic heterocycles. The zero-order valence-electron chi connectivity index (χ0n) is 14.7. The number of thiazole rings is 1. The number of halogens is 3. The van der Waals surface area contributed by atoms with Crippen LogP contribution in [-0.2, 0) is 10.4 Å². The molecule has 0 spiro atoms. The lowest BCUT2D eigenvalue weighted by molar-refractivity contribution is -0.268. The molecule has 0 aromatic carbocycles. The minimum absolute atomic E-state index is 0.250. The number of likely N-dealkylation sites (tertiary alicyclic amines) is 1. The van der Waals surface area contributed by atoms with Gasteiger partial charge in [0.15, 0.2) is 0 Å². The quantitative estimate of drug-likeness (QED) is 0.856. The highest BCUT2D eigenvalue weighted by atomic mass is 32.1. The number of amides is 1. The van der Waals surface area contributed by atoms with E-state index < -0.39 is 29.1 Å². The lowest BCUT2D eigenvalue weighted by Gasteiger charge is -2.35. The number of aromatic nitrogens is 2. The number of hydrogen-bond donors (Lipinski definition) is 1. The van der Waals surface area contributed by atoms with Crippen LogP contribution in [0.2, 0.25) is 0 Å². The van der Waals surface area contributed by atoms with Gasteiger partial charge in [-0.15, -0.1) is 11.3 Å². The molecular weight excluding hydrogens is 379 g/mol. The van der Waals surface area contributed by atoms with E-state index in [1.807, 2.05) is 12.1 Å². The van der Waals surface area contributed by atoms with Crippen molar-refractivity contribution in [3.05, 3.63) is 46.2 Å². The zero-order chi connectivity index (χ0) is 19.7. The normalized spacial score (nSPS) is 18.3. The van der Waals surface area contributed by atoms with Crippen molar-refractivity contribution in [2.24, 2.45) is 0 Å². The summed E-state index contributed by atoms with van der Waals surface area (Å²) in [5.41, 5.74) is -1.77. The van der Waals surface area contributed by atoms with E-state index >= 15 is 0 Å². The number of nitrogens with zero attached hydrogens (tertiary/aromatic N) is 3. The van der Waals surface area contributed by atoms with Gasteiger partial charge >= 0.3 is 6.18 Å². The predicted octanol–water partition coefficient (Wildman–Crippen LogP) is 3.39. The average Bonchev–Trinajstić information content (AvgIpc) is 3.08. The summed E-state index contributed by atoms with van der Waals surface area (Å²) in [5.74, 6) is -0.462. The number of aliphatic hydroxyl groups is 1. The third-order valence-corrected chi connectivity index (χ3v) is 5.99. The fourth-order valence-electron chi connectivity index (χ4n) is 3.27. The van der Waals surface area contributed by atoms with Gasteiger partial charge in [0.1, 0.15) is 5.01 Å². The molecule has 2 aromatic heterocycles. The Balaban J connectivity index is 1.69. The molecule has 0 radical (unpaired) electrons. The Kier molecular flexibility index (Phi) is 5.53. The summed E-state index contributed by atoms with van der Waals surface area (Å²) in [6, 6.07) is 3.82. The van der Waals surface area contributed by atoms with Gasteiger partial charge in [-0.25, -0.2) is 4.98 Å². The first-order chi connectivity index (χ1) is 12.7. The van der Waals surface area contributed by atoms with Crippen molar-refractivity contribution in [2.75, 3.05) is 13.1 Å². The Hall–Kier alpha value is -2.00. The first-order valence-electron chi connectivity index (χ1n) is 8.60. The van der Waals surface area contributed by atoms with Gasteiger partial charge in [-0.1, -0.05) is 0 Å². The lowest BCUT2D eigenvalue weighted by atomic mass is 9.89. The van der Waals surface area contributed by atoms with Crippen molar-refractivity contribution in [1.29, 1.82) is 0 Å². The summed E-state index contributed by atoms with van der Waals surface area (Å²) >= 11 is 0.712. The number of aryl methyl sites for hydroxylation is 1. The molecule has 5 nitrogen and oxygen atoms in total. The average molecular weight is 399 g/mol. The van der Waals surface area contributed by atoms with Gasteiger partial charge in [0.25, 0.3) is 0 Å². The van der Waals surface area contributed by atoms with Crippen LogP contribution in [0.4, 0.5) is 13.2 Å². The lowest BCUT2D eigenvalue weighted by Crippen LogP contribution is -2.48. The van der Waals surface area contributed by atoms with E-state index in [0.29, 0.717) is 43.0 Å². The summed E-state index contributed by atoms with van der Waals surface area (Å²) in [7, 11) is 0. The second-order valence-electron chi connectivity index (χ2n) is 6.76. The van der Waals surface area contributed by atoms with Crippen molar-refractivity contribution in [3.63, 3.8) is 0 Å². The van der Waals surface area contributed by atoms with Gasteiger partial charge in [0.05, 0.1) is 6.42 Å². The maximum atomic E-state index is 13.6. The standard InChI is InChI=1S/C18H20F3N3O2S/c1-12-11-27-16(23-12)17(26,18(19,20)21)10-15(25)24-8-4-14(5-9-24)13-2-6-22-7-3-13/h2-3,6-7,11,14,26H,4-5,8-10H2,1H3. The van der Waals surface area contributed by atoms with Gasteiger partial charge < -0.3 is 10.0 Å². The summed E-state index contributed by atoms with van der Waals surface area (Å²) in [6.07, 6.45) is -1.31. The molecule has 1 unspecified atom stereocenters. The molecule has 1 N–H and O–H groups in total. The Morgan fingerprint density at radius 3 is 2.44 bits per heavy atom. The second-order valence-corrected chi connectivity index (χ2v) is 7.62. The van der Waals surface area contributed by atoms with Crippen LogP contribution in [0.1, 0.15) is 41.4 Å². The van der Waals surface area contributed by atoms with Gasteiger partial charge in [-0.2, -0.15) is 13.2 Å². The molecule has 1 amide bonds. The van der Waals surface area contributed by atoms with Crippen LogP contribution in [0.3, 0.4) is 0 Å². The molecule has 1 saturated heterocycles. The van der Waals surface area contributed by atoms with Crippen LogP contribution in [0.5, 0.6) is 0 Å². The molecule has 0 aliphatic carbocycles. The van der Waals surface area contributed by atoms with Crippen LogP contribution < -0.4 is 0 Å². The predicted molar refractivity (Wildman–Crippen MR) is 94.2 cm³/mol. The minimum atomic E-state index is -4.98. The monoisotopic (exact) mass is 399 g/mol. The summed E-state index contributed by atoms with van der Waals surface area (Å²) in [5, 5.41) is 11.3. The Morgan fingerprint density at radius 2 is 1.93 bits per heavy atom. The van der Waals surface area contributed by atoms with E-state index in [1.165, 1.54) is 10.3 Å².